The molecule has 0 bridgehead atoms. The number of aliphatic hydroxyl groups is 1. The van der Waals surface area contributed by atoms with Crippen molar-refractivity contribution in [2.75, 3.05) is 29.6 Å². The number of aliphatic hydroxyl groups excluding tert-OH is 1. The van der Waals surface area contributed by atoms with Crippen molar-refractivity contribution in [1.29, 1.82) is 5.26 Å². The van der Waals surface area contributed by atoms with Crippen molar-refractivity contribution < 1.29 is 9.50 Å². The van der Waals surface area contributed by atoms with E-state index in [2.05, 4.69) is 15.9 Å². The number of nitrogens with zero attached hydrogens (tertiary/aromatic N) is 2. The molecular formula is C12H12BrFN2OS. The lowest BCUT2D eigenvalue weighted by molar-refractivity contribution is 0.268. The molecular weight excluding hydrogens is 319 g/mol. The zero-order valence-corrected chi connectivity index (χ0v) is 12.0. The normalized spacial score (nSPS) is 19.7. The molecule has 0 radical (unpaired) electrons. The van der Waals surface area contributed by atoms with Gasteiger partial charge in [-0.3, -0.25) is 0 Å². The summed E-state index contributed by atoms with van der Waals surface area (Å²) in [5.41, 5.74) is 0.725. The maximum atomic E-state index is 14.2. The molecule has 18 heavy (non-hydrogen) atoms. The monoisotopic (exact) mass is 330 g/mol. The van der Waals surface area contributed by atoms with Crippen LogP contribution in [0.25, 0.3) is 0 Å². The van der Waals surface area contributed by atoms with E-state index in [0.29, 0.717) is 12.2 Å². The molecule has 1 saturated heterocycles. The number of halogens is 2. The van der Waals surface area contributed by atoms with Gasteiger partial charge in [-0.25, -0.2) is 4.39 Å². The van der Waals surface area contributed by atoms with Crippen LogP contribution in [0.5, 0.6) is 0 Å². The van der Waals surface area contributed by atoms with E-state index in [0.717, 1.165) is 11.5 Å². The number of hydrogen-bond donors (Lipinski definition) is 1. The maximum Gasteiger partial charge on any atom is 0.161 e. The highest BCUT2D eigenvalue weighted by molar-refractivity contribution is 9.10. The number of thioether (sulfide) groups is 1. The van der Waals surface area contributed by atoms with E-state index in [4.69, 9.17) is 5.26 Å². The second-order valence-corrected chi connectivity index (χ2v) is 5.92. The van der Waals surface area contributed by atoms with Gasteiger partial charge in [-0.1, -0.05) is 0 Å². The molecule has 1 heterocycles. The van der Waals surface area contributed by atoms with Crippen LogP contribution in [-0.2, 0) is 0 Å². The quantitative estimate of drug-likeness (QED) is 0.904. The van der Waals surface area contributed by atoms with Crippen LogP contribution in [0.2, 0.25) is 0 Å². The van der Waals surface area contributed by atoms with Gasteiger partial charge in [0.15, 0.2) is 5.82 Å². The minimum Gasteiger partial charge on any atom is -0.394 e. The van der Waals surface area contributed by atoms with E-state index in [1.165, 1.54) is 0 Å². The second kappa shape index (κ2) is 5.91. The molecule has 1 aliphatic rings. The third kappa shape index (κ3) is 2.48. The van der Waals surface area contributed by atoms with Crippen LogP contribution in [0.15, 0.2) is 16.6 Å². The summed E-state index contributed by atoms with van der Waals surface area (Å²) in [5.74, 6) is 1.26. The highest BCUT2D eigenvalue weighted by Crippen LogP contribution is 2.32. The predicted octanol–water partition coefficient (Wildman–Crippen LogP) is 2.37. The van der Waals surface area contributed by atoms with Crippen LogP contribution < -0.4 is 4.90 Å². The van der Waals surface area contributed by atoms with E-state index in [-0.39, 0.29) is 22.7 Å². The van der Waals surface area contributed by atoms with Crippen molar-refractivity contribution in [1.82, 2.24) is 0 Å². The van der Waals surface area contributed by atoms with Crippen LogP contribution >= 0.6 is 27.7 Å². The molecule has 96 valence electrons. The van der Waals surface area contributed by atoms with Crippen molar-refractivity contribution in [3.63, 3.8) is 0 Å². The average Bonchev–Trinajstić information content (AvgIpc) is 2.42. The number of rotatable bonds is 2. The number of anilines is 1. The highest BCUT2D eigenvalue weighted by atomic mass is 79.9. The Morgan fingerprint density at radius 2 is 2.39 bits per heavy atom. The standard InChI is InChI=1S/C12H12BrFN2OS/c13-11-8(5-15)1-2-10(12(11)14)16-3-4-18-7-9(16)6-17/h1-2,9,17H,3-4,6-7H2. The number of hydrogen-bond acceptors (Lipinski definition) is 4. The van der Waals surface area contributed by atoms with Gasteiger partial charge in [-0.15, -0.1) is 0 Å². The van der Waals surface area contributed by atoms with Crippen LogP contribution in [0.4, 0.5) is 10.1 Å². The van der Waals surface area contributed by atoms with Crippen LogP contribution in [0.3, 0.4) is 0 Å². The first-order valence-corrected chi connectivity index (χ1v) is 7.47. The smallest absolute Gasteiger partial charge is 0.161 e. The number of nitriles is 1. The van der Waals surface area contributed by atoms with E-state index in [9.17, 15) is 9.50 Å². The zero-order valence-electron chi connectivity index (χ0n) is 9.57. The minimum absolute atomic E-state index is 0.00403. The summed E-state index contributed by atoms with van der Waals surface area (Å²) in [6.45, 7) is 0.704. The zero-order chi connectivity index (χ0) is 13.1. The lowest BCUT2D eigenvalue weighted by Gasteiger charge is -2.36. The van der Waals surface area contributed by atoms with Crippen molar-refractivity contribution in [2.24, 2.45) is 0 Å². The van der Waals surface area contributed by atoms with Gasteiger partial charge in [0.2, 0.25) is 0 Å². The fourth-order valence-electron chi connectivity index (χ4n) is 1.97. The third-order valence-electron chi connectivity index (χ3n) is 2.93. The van der Waals surface area contributed by atoms with Gasteiger partial charge in [-0.05, 0) is 28.1 Å². The molecule has 6 heteroatoms. The molecule has 1 fully saturated rings. The summed E-state index contributed by atoms with van der Waals surface area (Å²) in [6.07, 6.45) is 0. The van der Waals surface area contributed by atoms with Crippen LogP contribution in [0, 0.1) is 17.1 Å². The molecule has 3 nitrogen and oxygen atoms in total. The van der Waals surface area contributed by atoms with E-state index in [1.807, 2.05) is 11.0 Å². The molecule has 1 aromatic carbocycles. The van der Waals surface area contributed by atoms with E-state index < -0.39 is 5.82 Å². The van der Waals surface area contributed by atoms with Crippen molar-refractivity contribution >= 4 is 33.4 Å². The Bertz CT molecular complexity index is 492. The predicted molar refractivity (Wildman–Crippen MR) is 74.4 cm³/mol. The van der Waals surface area contributed by atoms with Gasteiger partial charge in [0, 0.05) is 18.1 Å². The van der Waals surface area contributed by atoms with Gasteiger partial charge in [0.25, 0.3) is 0 Å². The first-order chi connectivity index (χ1) is 8.69. The molecule has 1 aromatic rings. The van der Waals surface area contributed by atoms with E-state index in [1.54, 1.807) is 23.9 Å². The average molecular weight is 331 g/mol. The maximum absolute atomic E-state index is 14.2. The van der Waals surface area contributed by atoms with Crippen LogP contribution in [-0.4, -0.2) is 35.8 Å². The first-order valence-electron chi connectivity index (χ1n) is 5.52. The van der Waals surface area contributed by atoms with Crippen LogP contribution in [0.1, 0.15) is 5.56 Å². The summed E-state index contributed by atoms with van der Waals surface area (Å²) < 4.78 is 14.4. The Balaban J connectivity index is 2.38. The minimum atomic E-state index is -0.431. The van der Waals surface area contributed by atoms with Gasteiger partial charge < -0.3 is 10.0 Å². The lowest BCUT2D eigenvalue weighted by atomic mass is 10.1. The largest absolute Gasteiger partial charge is 0.394 e. The van der Waals surface area contributed by atoms with Gasteiger partial charge in [0.05, 0.1) is 28.4 Å². The molecule has 0 spiro atoms. The van der Waals surface area contributed by atoms with Crippen molar-refractivity contribution in [3.05, 3.63) is 28.0 Å². The van der Waals surface area contributed by atoms with Crippen molar-refractivity contribution in [2.45, 2.75) is 6.04 Å². The van der Waals surface area contributed by atoms with Gasteiger partial charge in [0.1, 0.15) is 6.07 Å². The lowest BCUT2D eigenvalue weighted by Crippen LogP contribution is -2.45. The molecule has 0 saturated carbocycles. The van der Waals surface area contributed by atoms with E-state index >= 15 is 0 Å². The SMILES string of the molecule is N#Cc1ccc(N2CCSCC2CO)c(F)c1Br. The first kappa shape index (κ1) is 13.7. The second-order valence-electron chi connectivity index (χ2n) is 3.98. The Morgan fingerprint density at radius 1 is 1.61 bits per heavy atom. The highest BCUT2D eigenvalue weighted by Gasteiger charge is 2.25. The molecule has 1 atom stereocenters. The molecule has 0 aliphatic carbocycles. The number of benzene rings is 1. The van der Waals surface area contributed by atoms with Gasteiger partial charge >= 0.3 is 0 Å². The molecule has 1 N–H and O–H groups in total. The molecule has 1 aliphatic heterocycles. The topological polar surface area (TPSA) is 47.3 Å². The summed E-state index contributed by atoms with van der Waals surface area (Å²) in [6, 6.07) is 5.07. The summed E-state index contributed by atoms with van der Waals surface area (Å²) in [7, 11) is 0. The Labute approximate surface area is 118 Å². The third-order valence-corrected chi connectivity index (χ3v) is 4.80. The molecule has 1 unspecified atom stereocenters. The Morgan fingerprint density at radius 3 is 3.06 bits per heavy atom. The molecule has 2 rings (SSSR count). The molecule has 0 amide bonds. The summed E-state index contributed by atoms with van der Waals surface area (Å²) >= 11 is 4.86. The summed E-state index contributed by atoms with van der Waals surface area (Å²) in [5, 5.41) is 18.2. The van der Waals surface area contributed by atoms with Gasteiger partial charge in [-0.2, -0.15) is 17.0 Å². The molecule has 0 aromatic heterocycles. The summed E-state index contributed by atoms with van der Waals surface area (Å²) in [4.78, 5) is 1.87. The van der Waals surface area contributed by atoms with Crippen molar-refractivity contribution in [3.8, 4) is 6.07 Å². The fraction of sp³-hybridized carbons (Fsp3) is 0.417. The Hall–Kier alpha value is -0.770. The Kier molecular flexibility index (Phi) is 4.49. The fourth-order valence-corrected chi connectivity index (χ4v) is 3.44.